The largest absolute Gasteiger partial charge is 0.353 e. The van der Waals surface area contributed by atoms with E-state index in [2.05, 4.69) is 35.1 Å². The first-order valence-corrected chi connectivity index (χ1v) is 8.83. The third kappa shape index (κ3) is 3.94. The Hall–Kier alpha value is -3.29. The van der Waals surface area contributed by atoms with Crippen LogP contribution in [-0.4, -0.2) is 46.1 Å². The molecule has 138 valence electrons. The summed E-state index contributed by atoms with van der Waals surface area (Å²) in [5.41, 5.74) is 1.19. The Morgan fingerprint density at radius 3 is 2.37 bits per heavy atom. The quantitative estimate of drug-likeness (QED) is 0.762. The topological polar surface area (TPSA) is 70.1 Å². The summed E-state index contributed by atoms with van der Waals surface area (Å²) in [4.78, 5) is 21.9. The number of hydrogen-bond donors (Lipinski definition) is 1. The molecular formula is C19H20FN7. The van der Waals surface area contributed by atoms with E-state index in [1.165, 1.54) is 6.07 Å². The normalized spacial score (nSPS) is 14.3. The van der Waals surface area contributed by atoms with Gasteiger partial charge < -0.3 is 15.1 Å². The maximum absolute atomic E-state index is 13.9. The summed E-state index contributed by atoms with van der Waals surface area (Å²) in [6.07, 6.45) is 3.51. The lowest BCUT2D eigenvalue weighted by molar-refractivity contribution is 0.630. The fourth-order valence-corrected chi connectivity index (χ4v) is 3.04. The zero-order valence-electron chi connectivity index (χ0n) is 15.0. The number of rotatable bonds is 4. The fraction of sp³-hybridized carbons (Fsp3) is 0.263. The van der Waals surface area contributed by atoms with E-state index in [1.54, 1.807) is 30.6 Å². The van der Waals surface area contributed by atoms with Crippen molar-refractivity contribution in [3.05, 3.63) is 60.3 Å². The minimum atomic E-state index is -0.333. The number of aromatic nitrogens is 4. The molecule has 1 aliphatic heterocycles. The number of para-hydroxylation sites is 1. The standard InChI is InChI=1S/C19H20FN7/c1-14-13-17(25-18(23-14)24-16-6-3-2-5-15(16)20)26-9-11-27(12-10-26)19-21-7-4-8-22-19/h2-8,13H,9-12H2,1H3,(H,23,24,25). The average Bonchev–Trinajstić information content (AvgIpc) is 2.70. The molecule has 0 bridgehead atoms. The first-order valence-electron chi connectivity index (χ1n) is 8.83. The van der Waals surface area contributed by atoms with E-state index in [-0.39, 0.29) is 5.82 Å². The van der Waals surface area contributed by atoms with Crippen LogP contribution in [0, 0.1) is 12.7 Å². The summed E-state index contributed by atoms with van der Waals surface area (Å²) in [7, 11) is 0. The van der Waals surface area contributed by atoms with Crippen LogP contribution in [0.4, 0.5) is 27.8 Å². The van der Waals surface area contributed by atoms with Gasteiger partial charge in [-0.2, -0.15) is 4.98 Å². The Morgan fingerprint density at radius 1 is 0.926 bits per heavy atom. The predicted molar refractivity (Wildman–Crippen MR) is 103 cm³/mol. The zero-order valence-corrected chi connectivity index (χ0v) is 15.0. The number of nitrogens with one attached hydrogen (secondary N) is 1. The SMILES string of the molecule is Cc1cc(N2CCN(c3ncccn3)CC2)nc(Nc2ccccc2F)n1. The highest BCUT2D eigenvalue weighted by molar-refractivity contribution is 5.56. The molecule has 3 heterocycles. The Balaban J connectivity index is 1.48. The molecule has 0 atom stereocenters. The molecule has 1 fully saturated rings. The highest BCUT2D eigenvalue weighted by Crippen LogP contribution is 2.21. The molecule has 1 saturated heterocycles. The molecule has 1 N–H and O–H groups in total. The van der Waals surface area contributed by atoms with Crippen LogP contribution >= 0.6 is 0 Å². The Kier molecular flexibility index (Phi) is 4.78. The van der Waals surface area contributed by atoms with Crippen molar-refractivity contribution < 1.29 is 4.39 Å². The Morgan fingerprint density at radius 2 is 1.63 bits per heavy atom. The van der Waals surface area contributed by atoms with Crippen LogP contribution in [0.3, 0.4) is 0 Å². The molecule has 3 aromatic rings. The van der Waals surface area contributed by atoms with Gasteiger partial charge in [0.05, 0.1) is 5.69 Å². The van der Waals surface area contributed by atoms with Gasteiger partial charge >= 0.3 is 0 Å². The van der Waals surface area contributed by atoms with Gasteiger partial charge in [-0.15, -0.1) is 0 Å². The number of aryl methyl sites for hydroxylation is 1. The van der Waals surface area contributed by atoms with Gasteiger partial charge in [-0.25, -0.2) is 19.3 Å². The Labute approximate surface area is 156 Å². The van der Waals surface area contributed by atoms with Crippen molar-refractivity contribution in [2.45, 2.75) is 6.92 Å². The molecule has 0 amide bonds. The van der Waals surface area contributed by atoms with Crippen molar-refractivity contribution in [3.63, 3.8) is 0 Å². The van der Waals surface area contributed by atoms with Gasteiger partial charge in [0.25, 0.3) is 0 Å². The Bertz CT molecular complexity index is 911. The molecule has 0 saturated carbocycles. The van der Waals surface area contributed by atoms with Crippen molar-refractivity contribution in [2.75, 3.05) is 41.3 Å². The molecule has 4 rings (SSSR count). The van der Waals surface area contributed by atoms with Crippen LogP contribution in [0.15, 0.2) is 48.8 Å². The van der Waals surface area contributed by atoms with Crippen LogP contribution < -0.4 is 15.1 Å². The van der Waals surface area contributed by atoms with E-state index in [1.807, 2.05) is 19.1 Å². The van der Waals surface area contributed by atoms with E-state index in [9.17, 15) is 4.39 Å². The summed E-state index contributed by atoms with van der Waals surface area (Å²) in [5.74, 6) is 1.64. The summed E-state index contributed by atoms with van der Waals surface area (Å²) in [6, 6.07) is 10.3. The van der Waals surface area contributed by atoms with Crippen LogP contribution in [0.25, 0.3) is 0 Å². The minimum Gasteiger partial charge on any atom is -0.353 e. The molecule has 0 unspecified atom stereocenters. The number of benzene rings is 1. The fourth-order valence-electron chi connectivity index (χ4n) is 3.04. The van der Waals surface area contributed by atoms with Gasteiger partial charge in [0.15, 0.2) is 0 Å². The first-order chi connectivity index (χ1) is 13.2. The minimum absolute atomic E-state index is 0.333. The van der Waals surface area contributed by atoms with Crippen LogP contribution in [-0.2, 0) is 0 Å². The molecule has 0 spiro atoms. The third-order valence-corrected chi connectivity index (χ3v) is 4.40. The van der Waals surface area contributed by atoms with Gasteiger partial charge in [0.2, 0.25) is 11.9 Å². The number of nitrogens with zero attached hydrogens (tertiary/aromatic N) is 6. The van der Waals surface area contributed by atoms with E-state index in [4.69, 9.17) is 0 Å². The van der Waals surface area contributed by atoms with Crippen molar-refractivity contribution in [1.82, 2.24) is 19.9 Å². The first kappa shape index (κ1) is 17.1. The summed E-state index contributed by atoms with van der Waals surface area (Å²) in [6.45, 7) is 5.12. The summed E-state index contributed by atoms with van der Waals surface area (Å²) in [5, 5.41) is 2.97. The van der Waals surface area contributed by atoms with Crippen molar-refractivity contribution in [1.29, 1.82) is 0 Å². The molecule has 0 radical (unpaired) electrons. The van der Waals surface area contributed by atoms with Crippen LogP contribution in [0.2, 0.25) is 0 Å². The predicted octanol–water partition coefficient (Wildman–Crippen LogP) is 2.78. The van der Waals surface area contributed by atoms with Gasteiger partial charge in [-0.1, -0.05) is 12.1 Å². The van der Waals surface area contributed by atoms with Gasteiger partial charge in [0, 0.05) is 50.3 Å². The number of hydrogen-bond acceptors (Lipinski definition) is 7. The van der Waals surface area contributed by atoms with E-state index < -0.39 is 0 Å². The van der Waals surface area contributed by atoms with Crippen LogP contribution in [0.1, 0.15) is 5.69 Å². The molecular weight excluding hydrogens is 345 g/mol. The highest BCUT2D eigenvalue weighted by atomic mass is 19.1. The molecule has 27 heavy (non-hydrogen) atoms. The van der Waals surface area contributed by atoms with E-state index >= 15 is 0 Å². The number of anilines is 4. The van der Waals surface area contributed by atoms with Gasteiger partial charge in [-0.05, 0) is 25.1 Å². The van der Waals surface area contributed by atoms with Crippen molar-refractivity contribution >= 4 is 23.4 Å². The summed E-state index contributed by atoms with van der Waals surface area (Å²) >= 11 is 0. The van der Waals surface area contributed by atoms with Gasteiger partial charge in [0.1, 0.15) is 11.6 Å². The molecule has 8 heteroatoms. The molecule has 7 nitrogen and oxygen atoms in total. The van der Waals surface area contributed by atoms with Crippen molar-refractivity contribution in [3.8, 4) is 0 Å². The maximum Gasteiger partial charge on any atom is 0.229 e. The maximum atomic E-state index is 13.9. The molecule has 2 aromatic heterocycles. The second kappa shape index (κ2) is 7.53. The lowest BCUT2D eigenvalue weighted by atomic mass is 10.3. The second-order valence-electron chi connectivity index (χ2n) is 6.32. The lowest BCUT2D eigenvalue weighted by Gasteiger charge is -2.35. The average molecular weight is 365 g/mol. The smallest absolute Gasteiger partial charge is 0.229 e. The van der Waals surface area contributed by atoms with Crippen molar-refractivity contribution in [2.24, 2.45) is 0 Å². The van der Waals surface area contributed by atoms with Crippen LogP contribution in [0.5, 0.6) is 0 Å². The van der Waals surface area contributed by atoms with E-state index in [0.717, 1.165) is 43.6 Å². The van der Waals surface area contributed by atoms with Gasteiger partial charge in [-0.3, -0.25) is 0 Å². The molecule has 1 aromatic carbocycles. The highest BCUT2D eigenvalue weighted by Gasteiger charge is 2.20. The summed E-state index contributed by atoms with van der Waals surface area (Å²) < 4.78 is 13.9. The number of halogens is 1. The van der Waals surface area contributed by atoms with E-state index in [0.29, 0.717) is 11.6 Å². The third-order valence-electron chi connectivity index (χ3n) is 4.40. The molecule has 0 aliphatic carbocycles. The monoisotopic (exact) mass is 365 g/mol. The second-order valence-corrected chi connectivity index (χ2v) is 6.32. The molecule has 1 aliphatic rings. The number of piperazine rings is 1. The lowest BCUT2D eigenvalue weighted by Crippen LogP contribution is -2.47. The zero-order chi connectivity index (χ0) is 18.6.